The molecule has 1 atom stereocenters. The van der Waals surface area contributed by atoms with Crippen LogP contribution in [-0.2, 0) is 0 Å². The Morgan fingerprint density at radius 3 is 3.09 bits per heavy atom. The van der Waals surface area contributed by atoms with E-state index >= 15 is 0 Å². The number of aliphatic imine (C=N–C) groups is 1. The second-order valence-corrected chi connectivity index (χ2v) is 5.92. The standard InChI is InChI=1S/C16H19N5O/c1-11(2)21-6-5-18-16(21)13-10-20-7-8-22-14-3-4-17-9-12(14)15(20)19-13/h3-6,9,11,13H,7-8,10H2,1-2H3. The fourth-order valence-corrected chi connectivity index (χ4v) is 3.10. The minimum atomic E-state index is 0.0681. The van der Waals surface area contributed by atoms with Crippen molar-refractivity contribution in [3.8, 4) is 5.75 Å². The van der Waals surface area contributed by atoms with Crippen molar-refractivity contribution in [1.29, 1.82) is 0 Å². The quantitative estimate of drug-likeness (QED) is 0.851. The number of imidazole rings is 1. The number of pyridine rings is 1. The zero-order valence-corrected chi connectivity index (χ0v) is 12.8. The highest BCUT2D eigenvalue weighted by molar-refractivity contribution is 6.02. The molecule has 0 spiro atoms. The van der Waals surface area contributed by atoms with Gasteiger partial charge in [-0.2, -0.15) is 0 Å². The first-order valence-corrected chi connectivity index (χ1v) is 7.66. The molecule has 4 heterocycles. The van der Waals surface area contributed by atoms with Crippen LogP contribution < -0.4 is 4.74 Å². The van der Waals surface area contributed by atoms with Gasteiger partial charge >= 0.3 is 0 Å². The lowest BCUT2D eigenvalue weighted by Crippen LogP contribution is -2.30. The Balaban J connectivity index is 1.75. The van der Waals surface area contributed by atoms with E-state index in [4.69, 9.17) is 9.73 Å². The van der Waals surface area contributed by atoms with E-state index in [0.29, 0.717) is 12.6 Å². The average molecular weight is 297 g/mol. The van der Waals surface area contributed by atoms with E-state index in [-0.39, 0.29) is 6.04 Å². The first-order valence-electron chi connectivity index (χ1n) is 7.66. The van der Waals surface area contributed by atoms with Crippen LogP contribution in [0.15, 0.2) is 35.8 Å². The molecule has 2 aromatic rings. The molecule has 0 amide bonds. The average Bonchev–Trinajstić information content (AvgIpc) is 3.11. The van der Waals surface area contributed by atoms with Crippen LogP contribution in [0.3, 0.4) is 0 Å². The molecule has 0 radical (unpaired) electrons. The molecule has 2 aromatic heterocycles. The molecule has 6 nitrogen and oxygen atoms in total. The van der Waals surface area contributed by atoms with Gasteiger partial charge in [0.05, 0.1) is 12.1 Å². The summed E-state index contributed by atoms with van der Waals surface area (Å²) in [5.74, 6) is 2.87. The van der Waals surface area contributed by atoms with E-state index in [2.05, 4.69) is 33.3 Å². The zero-order valence-electron chi connectivity index (χ0n) is 12.8. The highest BCUT2D eigenvalue weighted by Gasteiger charge is 2.33. The molecule has 22 heavy (non-hydrogen) atoms. The van der Waals surface area contributed by atoms with Crippen LogP contribution in [0.2, 0.25) is 0 Å². The molecule has 1 unspecified atom stereocenters. The lowest BCUT2D eigenvalue weighted by atomic mass is 10.2. The molecule has 114 valence electrons. The van der Waals surface area contributed by atoms with Gasteiger partial charge in [-0.25, -0.2) is 4.98 Å². The summed E-state index contributed by atoms with van der Waals surface area (Å²) in [7, 11) is 0. The highest BCUT2D eigenvalue weighted by Crippen LogP contribution is 2.31. The number of hydrogen-bond acceptors (Lipinski definition) is 5. The largest absolute Gasteiger partial charge is 0.491 e. The maximum atomic E-state index is 5.79. The van der Waals surface area contributed by atoms with E-state index in [9.17, 15) is 0 Å². The molecular formula is C16H19N5O. The van der Waals surface area contributed by atoms with Gasteiger partial charge in [-0.05, 0) is 19.9 Å². The maximum absolute atomic E-state index is 5.79. The summed E-state index contributed by atoms with van der Waals surface area (Å²) in [5.41, 5.74) is 0.977. The number of ether oxygens (including phenoxy) is 1. The first-order chi connectivity index (χ1) is 10.7. The third-order valence-corrected chi connectivity index (χ3v) is 4.16. The van der Waals surface area contributed by atoms with Crippen molar-refractivity contribution in [3.05, 3.63) is 42.2 Å². The van der Waals surface area contributed by atoms with Crippen molar-refractivity contribution < 1.29 is 4.74 Å². The van der Waals surface area contributed by atoms with Crippen LogP contribution in [0.4, 0.5) is 0 Å². The fourth-order valence-electron chi connectivity index (χ4n) is 3.10. The lowest BCUT2D eigenvalue weighted by molar-refractivity contribution is 0.279. The molecule has 0 N–H and O–H groups in total. The van der Waals surface area contributed by atoms with E-state index in [1.165, 1.54) is 0 Å². The van der Waals surface area contributed by atoms with Crippen LogP contribution in [0.5, 0.6) is 5.75 Å². The van der Waals surface area contributed by atoms with E-state index in [0.717, 1.165) is 36.1 Å². The molecule has 0 aromatic carbocycles. The molecule has 0 bridgehead atoms. The number of fused-ring (bicyclic) bond motifs is 3. The van der Waals surface area contributed by atoms with Crippen molar-refractivity contribution >= 4 is 5.84 Å². The minimum Gasteiger partial charge on any atom is -0.491 e. The van der Waals surface area contributed by atoms with Gasteiger partial charge in [0.25, 0.3) is 0 Å². The second-order valence-electron chi connectivity index (χ2n) is 5.92. The Morgan fingerprint density at radius 2 is 2.23 bits per heavy atom. The Kier molecular flexibility index (Phi) is 3.10. The number of amidine groups is 1. The van der Waals surface area contributed by atoms with Crippen LogP contribution >= 0.6 is 0 Å². The predicted octanol–water partition coefficient (Wildman–Crippen LogP) is 2.05. The summed E-state index contributed by atoms with van der Waals surface area (Å²) < 4.78 is 7.99. The maximum Gasteiger partial charge on any atom is 0.137 e. The monoisotopic (exact) mass is 297 g/mol. The molecule has 0 saturated heterocycles. The van der Waals surface area contributed by atoms with Gasteiger partial charge in [-0.15, -0.1) is 0 Å². The summed E-state index contributed by atoms with van der Waals surface area (Å²) in [6.07, 6.45) is 7.48. The summed E-state index contributed by atoms with van der Waals surface area (Å²) in [6, 6.07) is 2.36. The molecule has 0 fully saturated rings. The third kappa shape index (κ3) is 2.06. The van der Waals surface area contributed by atoms with Crippen molar-refractivity contribution in [1.82, 2.24) is 19.4 Å². The molecule has 2 aliphatic heterocycles. The van der Waals surface area contributed by atoms with Gasteiger partial charge in [-0.1, -0.05) is 0 Å². The van der Waals surface area contributed by atoms with Crippen molar-refractivity contribution in [2.45, 2.75) is 25.9 Å². The number of nitrogens with zero attached hydrogens (tertiary/aromatic N) is 5. The summed E-state index contributed by atoms with van der Waals surface area (Å²) >= 11 is 0. The van der Waals surface area contributed by atoms with Gasteiger partial charge in [0, 0.05) is 37.4 Å². The Hall–Kier alpha value is -2.37. The molecule has 6 heteroatoms. The van der Waals surface area contributed by atoms with Gasteiger partial charge in [-0.3, -0.25) is 9.98 Å². The SMILES string of the molecule is CC(C)n1ccnc1C1CN2CCOc3ccncc3C2=N1. The normalized spacial score (nSPS) is 20.2. The minimum absolute atomic E-state index is 0.0681. The Bertz CT molecular complexity index is 721. The molecule has 0 aliphatic carbocycles. The van der Waals surface area contributed by atoms with Crippen LogP contribution in [0.1, 0.15) is 37.3 Å². The third-order valence-electron chi connectivity index (χ3n) is 4.16. The highest BCUT2D eigenvalue weighted by atomic mass is 16.5. The van der Waals surface area contributed by atoms with Crippen molar-refractivity contribution in [2.24, 2.45) is 4.99 Å². The van der Waals surface area contributed by atoms with E-state index in [1.807, 2.05) is 24.7 Å². The predicted molar refractivity (Wildman–Crippen MR) is 83.2 cm³/mol. The van der Waals surface area contributed by atoms with Gasteiger partial charge < -0.3 is 14.2 Å². The number of aromatic nitrogens is 3. The number of rotatable bonds is 2. The second kappa shape index (κ2) is 5.12. The fraction of sp³-hybridized carbons (Fsp3) is 0.438. The van der Waals surface area contributed by atoms with Gasteiger partial charge in [0.1, 0.15) is 30.1 Å². The Labute approximate surface area is 129 Å². The lowest BCUT2D eigenvalue weighted by Gasteiger charge is -2.18. The van der Waals surface area contributed by atoms with Crippen LogP contribution in [0.25, 0.3) is 0 Å². The zero-order chi connectivity index (χ0) is 15.1. The van der Waals surface area contributed by atoms with E-state index in [1.54, 1.807) is 6.20 Å². The van der Waals surface area contributed by atoms with Crippen molar-refractivity contribution in [3.63, 3.8) is 0 Å². The molecule has 4 rings (SSSR count). The topological polar surface area (TPSA) is 55.5 Å². The number of hydrogen-bond donors (Lipinski definition) is 0. The molecule has 2 aliphatic rings. The van der Waals surface area contributed by atoms with Gasteiger partial charge in [0.15, 0.2) is 0 Å². The van der Waals surface area contributed by atoms with Gasteiger partial charge in [0.2, 0.25) is 0 Å². The van der Waals surface area contributed by atoms with Crippen LogP contribution in [-0.4, -0.2) is 45.0 Å². The Morgan fingerprint density at radius 1 is 1.32 bits per heavy atom. The smallest absolute Gasteiger partial charge is 0.137 e. The summed E-state index contributed by atoms with van der Waals surface area (Å²) in [4.78, 5) is 16.0. The molecular weight excluding hydrogens is 278 g/mol. The first kappa shape index (κ1) is 13.3. The summed E-state index contributed by atoms with van der Waals surface area (Å²) in [6.45, 7) is 6.68. The van der Waals surface area contributed by atoms with Crippen LogP contribution in [0, 0.1) is 0 Å². The molecule has 0 saturated carbocycles. The van der Waals surface area contributed by atoms with Crippen molar-refractivity contribution in [2.75, 3.05) is 19.7 Å². The van der Waals surface area contributed by atoms with E-state index < -0.39 is 0 Å². The summed E-state index contributed by atoms with van der Waals surface area (Å²) in [5, 5.41) is 0.